The van der Waals surface area contributed by atoms with Crippen LogP contribution in [-0.2, 0) is 11.2 Å². The highest BCUT2D eigenvalue weighted by Crippen LogP contribution is 2.44. The van der Waals surface area contributed by atoms with E-state index in [0.717, 1.165) is 42.6 Å². The van der Waals surface area contributed by atoms with Crippen molar-refractivity contribution in [1.29, 1.82) is 0 Å². The number of carbonyl (C=O) groups is 1. The Kier molecular flexibility index (Phi) is 7.12. The number of piperidine rings is 1. The molecule has 2 aromatic carbocycles. The van der Waals surface area contributed by atoms with Crippen molar-refractivity contribution in [2.45, 2.75) is 38.2 Å². The highest BCUT2D eigenvalue weighted by atomic mass is 35.5. The van der Waals surface area contributed by atoms with Gasteiger partial charge in [0.1, 0.15) is 11.4 Å². The molecule has 2 aliphatic rings. The summed E-state index contributed by atoms with van der Waals surface area (Å²) in [6, 6.07) is 14.6. The summed E-state index contributed by atoms with van der Waals surface area (Å²) in [5.74, 6) is 0.0189. The number of likely N-dealkylation sites (tertiary alicyclic amines) is 1. The molecule has 1 spiro atoms. The summed E-state index contributed by atoms with van der Waals surface area (Å²) in [5.41, 5.74) is 4.30. The Morgan fingerprint density at radius 2 is 1.87 bits per heavy atom. The van der Waals surface area contributed by atoms with Crippen molar-refractivity contribution < 1.29 is 14.6 Å². The molecule has 0 aromatic heterocycles. The minimum atomic E-state index is -0.786. The second-order valence-electron chi connectivity index (χ2n) is 7.98. The van der Waals surface area contributed by atoms with Gasteiger partial charge in [-0.05, 0) is 47.4 Å². The van der Waals surface area contributed by atoms with Crippen molar-refractivity contribution in [3.05, 3.63) is 70.3 Å². The number of benzene rings is 2. The Balaban J connectivity index is 0.00000256. The number of carboxylic acid groups (broad SMARTS) is 1. The third-order valence-corrected chi connectivity index (χ3v) is 6.05. The molecule has 30 heavy (non-hydrogen) atoms. The Morgan fingerprint density at radius 1 is 1.17 bits per heavy atom. The van der Waals surface area contributed by atoms with E-state index in [9.17, 15) is 4.79 Å². The van der Waals surface area contributed by atoms with Crippen LogP contribution in [0.25, 0.3) is 5.57 Å². The highest BCUT2D eigenvalue weighted by Gasteiger charge is 2.39. The van der Waals surface area contributed by atoms with Crippen molar-refractivity contribution in [2.24, 2.45) is 0 Å². The van der Waals surface area contributed by atoms with Crippen molar-refractivity contribution in [1.82, 2.24) is 4.90 Å². The minimum Gasteiger partial charge on any atom is -0.482 e. The molecule has 2 aromatic rings. The van der Waals surface area contributed by atoms with Crippen LogP contribution in [0.2, 0.25) is 5.02 Å². The van der Waals surface area contributed by atoms with Crippen LogP contribution in [0.1, 0.15) is 42.9 Å². The van der Waals surface area contributed by atoms with Gasteiger partial charge in [-0.2, -0.15) is 0 Å². The number of halogens is 2. The predicted octanol–water partition coefficient (Wildman–Crippen LogP) is 5.46. The number of aryl methyl sites for hydroxylation is 1. The molecule has 4 rings (SSSR count). The summed E-state index contributed by atoms with van der Waals surface area (Å²) in [4.78, 5) is 13.0. The molecule has 0 saturated carbocycles. The Labute approximate surface area is 188 Å². The zero-order valence-corrected chi connectivity index (χ0v) is 18.6. The summed E-state index contributed by atoms with van der Waals surface area (Å²) < 4.78 is 6.47. The van der Waals surface area contributed by atoms with E-state index in [4.69, 9.17) is 21.4 Å². The van der Waals surface area contributed by atoms with Crippen LogP contribution in [0.15, 0.2) is 48.5 Å². The second kappa shape index (κ2) is 9.42. The fourth-order valence-electron chi connectivity index (χ4n) is 4.30. The van der Waals surface area contributed by atoms with E-state index in [1.54, 1.807) is 0 Å². The van der Waals surface area contributed by atoms with Crippen LogP contribution >= 0.6 is 24.0 Å². The van der Waals surface area contributed by atoms with Gasteiger partial charge in [-0.25, -0.2) is 0 Å². The molecule has 1 N–H and O–H groups in total. The number of fused-ring (bicyclic) bond motifs is 1. The van der Waals surface area contributed by atoms with Crippen LogP contribution in [-0.4, -0.2) is 41.2 Å². The third kappa shape index (κ3) is 4.83. The summed E-state index contributed by atoms with van der Waals surface area (Å²) in [6.45, 7) is 3.66. The van der Waals surface area contributed by atoms with Gasteiger partial charge in [0.05, 0.1) is 6.54 Å². The number of hydrogen-bond donors (Lipinski definition) is 1. The van der Waals surface area contributed by atoms with Crippen LogP contribution in [0, 0.1) is 0 Å². The fraction of sp³-hybridized carbons (Fsp3) is 0.375. The molecule has 160 valence electrons. The molecule has 0 radical (unpaired) electrons. The van der Waals surface area contributed by atoms with Crippen molar-refractivity contribution in [3.63, 3.8) is 0 Å². The molecule has 6 heteroatoms. The topological polar surface area (TPSA) is 49.8 Å². The first-order valence-corrected chi connectivity index (χ1v) is 10.6. The quantitative estimate of drug-likeness (QED) is 0.660. The zero-order valence-electron chi connectivity index (χ0n) is 17.1. The third-order valence-electron chi connectivity index (χ3n) is 5.82. The standard InChI is InChI=1S/C24H26ClNO3.ClH/c1-2-3-17-4-6-18(7-5-17)21-15-24(10-12-26(13-11-24)16-23(27)28)29-22-14-19(25)8-9-20(21)22;/h4-9,14-15H,2-3,10-13,16H2,1H3,(H,27,28);1H. The fourth-order valence-corrected chi connectivity index (χ4v) is 4.46. The van der Waals surface area contributed by atoms with Crippen molar-refractivity contribution in [2.75, 3.05) is 19.6 Å². The van der Waals surface area contributed by atoms with Gasteiger partial charge in [0.25, 0.3) is 0 Å². The number of nitrogens with zero attached hydrogens (tertiary/aromatic N) is 1. The normalized spacial score (nSPS) is 17.5. The van der Waals surface area contributed by atoms with Crippen LogP contribution in [0.3, 0.4) is 0 Å². The SMILES string of the molecule is CCCc1ccc(C2=CC3(CCN(CC(=O)O)CC3)Oc3cc(Cl)ccc32)cc1.Cl. The first-order chi connectivity index (χ1) is 14.0. The largest absolute Gasteiger partial charge is 0.482 e. The molecule has 1 fully saturated rings. The monoisotopic (exact) mass is 447 g/mol. The minimum absolute atomic E-state index is 0. The Morgan fingerprint density at radius 3 is 2.50 bits per heavy atom. The highest BCUT2D eigenvalue weighted by molar-refractivity contribution is 6.30. The van der Waals surface area contributed by atoms with Gasteiger partial charge >= 0.3 is 5.97 Å². The smallest absolute Gasteiger partial charge is 0.317 e. The average molecular weight is 448 g/mol. The molecule has 2 heterocycles. The lowest BCUT2D eigenvalue weighted by Gasteiger charge is -2.42. The molecule has 2 aliphatic heterocycles. The number of rotatable bonds is 5. The van der Waals surface area contributed by atoms with Crippen LogP contribution in [0.4, 0.5) is 0 Å². The summed E-state index contributed by atoms with van der Waals surface area (Å²) in [5, 5.41) is 9.73. The van der Waals surface area contributed by atoms with Gasteiger partial charge in [0, 0.05) is 36.5 Å². The molecular weight excluding hydrogens is 421 g/mol. The van der Waals surface area contributed by atoms with Gasteiger partial charge in [-0.3, -0.25) is 9.69 Å². The lowest BCUT2D eigenvalue weighted by Crippen LogP contribution is -2.49. The van der Waals surface area contributed by atoms with Gasteiger partial charge in [0.15, 0.2) is 0 Å². The summed E-state index contributed by atoms with van der Waals surface area (Å²) in [7, 11) is 0. The van der Waals surface area contributed by atoms with E-state index < -0.39 is 11.6 Å². The first-order valence-electron chi connectivity index (χ1n) is 10.2. The maximum absolute atomic E-state index is 11.0. The molecule has 0 bridgehead atoms. The molecule has 0 unspecified atom stereocenters. The lowest BCUT2D eigenvalue weighted by molar-refractivity contribution is -0.139. The summed E-state index contributed by atoms with van der Waals surface area (Å²) >= 11 is 6.26. The van der Waals surface area contributed by atoms with E-state index in [-0.39, 0.29) is 19.0 Å². The van der Waals surface area contributed by atoms with E-state index in [2.05, 4.69) is 37.3 Å². The lowest BCUT2D eigenvalue weighted by atomic mass is 9.82. The molecule has 0 amide bonds. The number of carboxylic acids is 1. The number of hydrogen-bond acceptors (Lipinski definition) is 3. The van der Waals surface area contributed by atoms with E-state index >= 15 is 0 Å². The van der Waals surface area contributed by atoms with E-state index in [1.165, 1.54) is 11.1 Å². The Hall–Kier alpha value is -2.01. The second-order valence-corrected chi connectivity index (χ2v) is 8.42. The van der Waals surface area contributed by atoms with Gasteiger partial charge in [-0.1, -0.05) is 49.2 Å². The molecule has 0 atom stereocenters. The van der Waals surface area contributed by atoms with Gasteiger partial charge < -0.3 is 9.84 Å². The molecular formula is C24H27Cl2NO3. The maximum atomic E-state index is 11.0. The zero-order chi connectivity index (χ0) is 20.4. The molecule has 1 saturated heterocycles. The van der Waals surface area contributed by atoms with Crippen molar-refractivity contribution in [3.8, 4) is 5.75 Å². The van der Waals surface area contributed by atoms with Crippen LogP contribution in [0.5, 0.6) is 5.75 Å². The van der Waals surface area contributed by atoms with Gasteiger partial charge in [-0.15, -0.1) is 12.4 Å². The first kappa shape index (κ1) is 22.7. The Bertz CT molecular complexity index is 932. The van der Waals surface area contributed by atoms with Crippen molar-refractivity contribution >= 4 is 35.6 Å². The average Bonchev–Trinajstić information content (AvgIpc) is 2.70. The van der Waals surface area contributed by atoms with E-state index in [0.29, 0.717) is 18.1 Å². The van der Waals surface area contributed by atoms with Gasteiger partial charge in [0.2, 0.25) is 0 Å². The van der Waals surface area contributed by atoms with Crippen LogP contribution < -0.4 is 4.74 Å². The predicted molar refractivity (Wildman–Crippen MR) is 123 cm³/mol. The number of ether oxygens (including phenoxy) is 1. The number of aliphatic carboxylic acids is 1. The molecule has 0 aliphatic carbocycles. The maximum Gasteiger partial charge on any atom is 0.317 e. The molecule has 4 nitrogen and oxygen atoms in total. The summed E-state index contributed by atoms with van der Waals surface area (Å²) in [6.07, 6.45) is 5.97. The van der Waals surface area contributed by atoms with E-state index in [1.807, 2.05) is 23.1 Å².